The second kappa shape index (κ2) is 15.3. The van der Waals surface area contributed by atoms with Crippen LogP contribution in [0, 0.1) is 11.8 Å². The molecule has 0 radical (unpaired) electrons. The maximum absolute atomic E-state index is 12.7. The third-order valence-corrected chi connectivity index (χ3v) is 11.1. The zero-order valence-electron chi connectivity index (χ0n) is 32.4. The number of esters is 1. The molecule has 0 atom stereocenters. The van der Waals surface area contributed by atoms with E-state index >= 15 is 0 Å². The number of carbonyl (C=O) groups is 1. The summed E-state index contributed by atoms with van der Waals surface area (Å²) in [7, 11) is 1.42. The van der Waals surface area contributed by atoms with E-state index in [2.05, 4.69) is 196 Å². The summed E-state index contributed by atoms with van der Waals surface area (Å²) in [5.74, 6) is 1.76. The van der Waals surface area contributed by atoms with Crippen LogP contribution in [0.15, 0.2) is 194 Å². The number of hydrogen-bond acceptors (Lipinski definition) is 2. The summed E-state index contributed by atoms with van der Waals surface area (Å²) in [6.45, 7) is 0.514. The maximum atomic E-state index is 12.7. The lowest BCUT2D eigenvalue weighted by Gasteiger charge is -2.15. The second-order valence-electron chi connectivity index (χ2n) is 14.8. The van der Waals surface area contributed by atoms with Crippen molar-refractivity contribution in [1.82, 2.24) is 19.5 Å². The van der Waals surface area contributed by atoms with Gasteiger partial charge in [0.2, 0.25) is 0 Å². The average molecular weight is 765 g/mol. The average Bonchev–Trinajstić information content (AvgIpc) is 4.13. The minimum absolute atomic E-state index is 0.360. The molecule has 3 N–H and O–H groups in total. The standard InChI is InChI=1S/C53H40N4O2/c1-59-53(58)40-24-14-15-35(31-40)33-57-34-41-32-48(57)52(39-22-12-5-13-23-39)47-30-29-46(56-47)51(38-20-10-4-11-21-38)45-28-27-44(55-45)50(37-18-8-3-9-19-37)43-26-25-42(54-43)49(41)36-16-6-2-7-17-36/h2-32,34,54-56H,33H2,1H3/q+2/b49-42-,50-43-. The van der Waals surface area contributed by atoms with Gasteiger partial charge in [-0.3, -0.25) is 0 Å². The van der Waals surface area contributed by atoms with Crippen LogP contribution < -0.4 is 10.7 Å². The molecule has 0 saturated carbocycles. The Labute approximate surface area is 342 Å². The van der Waals surface area contributed by atoms with E-state index in [4.69, 9.17) is 4.74 Å². The number of methoxy groups -OCH3 is 1. The number of nitrogens with one attached hydrogen (secondary N) is 3. The molecule has 0 unspecified atom stereocenters. The molecule has 59 heavy (non-hydrogen) atoms. The van der Waals surface area contributed by atoms with Crippen LogP contribution in [0.2, 0.25) is 0 Å². The van der Waals surface area contributed by atoms with Gasteiger partial charge in [-0.2, -0.15) is 0 Å². The van der Waals surface area contributed by atoms with E-state index in [1.54, 1.807) is 6.07 Å². The third-order valence-electron chi connectivity index (χ3n) is 11.1. The van der Waals surface area contributed by atoms with Crippen LogP contribution in [-0.2, 0) is 11.3 Å². The fraction of sp³-hybridized carbons (Fsp3) is 0.0377. The first-order chi connectivity index (χ1) is 29.1. The van der Waals surface area contributed by atoms with Crippen LogP contribution in [0.1, 0.15) is 72.2 Å². The van der Waals surface area contributed by atoms with Crippen LogP contribution in [0.25, 0.3) is 11.1 Å². The van der Waals surface area contributed by atoms with Crippen molar-refractivity contribution in [3.8, 4) is 0 Å². The van der Waals surface area contributed by atoms with Crippen molar-refractivity contribution in [2.45, 2.75) is 6.54 Å². The Kier molecular flexibility index (Phi) is 9.20. The van der Waals surface area contributed by atoms with Crippen molar-refractivity contribution >= 4 is 17.1 Å². The Balaban J connectivity index is 1.30. The molecule has 0 saturated heterocycles. The summed E-state index contributed by atoms with van der Waals surface area (Å²) in [6.07, 6.45) is 2.24. The van der Waals surface area contributed by atoms with E-state index in [-0.39, 0.29) is 5.97 Å². The summed E-state index contributed by atoms with van der Waals surface area (Å²) in [6, 6.07) is 65.4. The molecular formula is C53H40N4O2+2. The number of fused-ring (bicyclic) bond motifs is 8. The first kappa shape index (κ1) is 35.6. The molecule has 1 aliphatic rings. The molecule has 6 heteroatoms. The number of rotatable bonds is 7. The number of aromatic amines is 3. The summed E-state index contributed by atoms with van der Waals surface area (Å²) in [4.78, 5) is 24.4. The van der Waals surface area contributed by atoms with Crippen LogP contribution in [0.3, 0.4) is 0 Å². The number of benzene rings is 5. The molecule has 0 fully saturated rings. The van der Waals surface area contributed by atoms with Crippen molar-refractivity contribution < 1.29 is 9.53 Å². The molecular weight excluding hydrogens is 725 g/mol. The predicted molar refractivity (Wildman–Crippen MR) is 233 cm³/mol. The molecule has 8 bridgehead atoms. The van der Waals surface area contributed by atoms with Gasteiger partial charge >= 0.3 is 5.97 Å². The van der Waals surface area contributed by atoms with Gasteiger partial charge in [0.25, 0.3) is 0 Å². The topological polar surface area (TPSA) is 78.6 Å². The quantitative estimate of drug-likeness (QED) is 0.112. The third kappa shape index (κ3) is 6.77. The lowest BCUT2D eigenvalue weighted by atomic mass is 9.91. The fourth-order valence-corrected chi connectivity index (χ4v) is 8.41. The smallest absolute Gasteiger partial charge is 0.337 e. The molecule has 1 aliphatic heterocycles. The molecule has 0 aliphatic carbocycles. The highest BCUT2D eigenvalue weighted by Gasteiger charge is 2.34. The number of nitrogens with zero attached hydrogens (tertiary/aromatic N) is 1. The largest absolute Gasteiger partial charge is 0.465 e. The van der Waals surface area contributed by atoms with E-state index < -0.39 is 0 Å². The van der Waals surface area contributed by atoms with Crippen molar-refractivity contribution in [2.24, 2.45) is 0 Å². The highest BCUT2D eigenvalue weighted by atomic mass is 16.5. The molecule has 0 amide bonds. The Morgan fingerprint density at radius 2 is 1.08 bits per heavy atom. The normalized spacial score (nSPS) is 14.3. The monoisotopic (exact) mass is 764 g/mol. The molecule has 9 aromatic rings. The van der Waals surface area contributed by atoms with E-state index in [1.165, 1.54) is 7.11 Å². The van der Waals surface area contributed by atoms with Crippen LogP contribution in [0.5, 0.6) is 0 Å². The van der Waals surface area contributed by atoms with Crippen LogP contribution >= 0.6 is 0 Å². The molecule has 0 spiro atoms. The molecule has 10 rings (SSSR count). The van der Waals surface area contributed by atoms with Crippen molar-refractivity contribution in [3.63, 3.8) is 0 Å². The SMILES string of the molecule is COC(=O)c1cccc(Cn2cc3cc2[C+](c2ccccc2)c2ccc([nH]2)[C+](c2ccccc2)c2ccc([nH]2)/C(c2ccccc2)=c2/cc/c([nH]2)=C/3c2ccccc2)c1. The van der Waals surface area contributed by atoms with Crippen LogP contribution in [-0.4, -0.2) is 32.6 Å². The molecule has 5 aromatic carbocycles. The van der Waals surface area contributed by atoms with Gasteiger partial charge in [0, 0.05) is 76.5 Å². The molecule has 5 heterocycles. The maximum Gasteiger partial charge on any atom is 0.337 e. The number of carbonyl (C=O) groups excluding carboxylic acids is 1. The van der Waals surface area contributed by atoms with Gasteiger partial charge in [0.1, 0.15) is 34.6 Å². The Morgan fingerprint density at radius 3 is 1.75 bits per heavy atom. The Morgan fingerprint density at radius 1 is 0.525 bits per heavy atom. The Bertz CT molecular complexity index is 3030. The Hall–Kier alpha value is -7.83. The van der Waals surface area contributed by atoms with Gasteiger partial charge in [-0.1, -0.05) is 72.8 Å². The van der Waals surface area contributed by atoms with Gasteiger partial charge in [-0.25, -0.2) is 4.79 Å². The van der Waals surface area contributed by atoms with E-state index in [0.29, 0.717) is 12.1 Å². The number of aromatic nitrogens is 4. The molecule has 282 valence electrons. The minimum atomic E-state index is -0.360. The van der Waals surface area contributed by atoms with Crippen molar-refractivity contribution in [3.05, 3.63) is 284 Å². The van der Waals surface area contributed by atoms with Crippen LogP contribution in [0.4, 0.5) is 0 Å². The molecule has 4 aromatic heterocycles. The highest BCUT2D eigenvalue weighted by Crippen LogP contribution is 2.38. The number of ether oxygens (including phenoxy) is 1. The summed E-state index contributed by atoms with van der Waals surface area (Å²) >= 11 is 0. The van der Waals surface area contributed by atoms with Gasteiger partial charge in [-0.15, -0.1) is 0 Å². The summed E-state index contributed by atoms with van der Waals surface area (Å²) in [5.41, 5.74) is 14.1. The van der Waals surface area contributed by atoms with Crippen molar-refractivity contribution in [2.75, 3.05) is 7.11 Å². The minimum Gasteiger partial charge on any atom is -0.465 e. The zero-order chi connectivity index (χ0) is 39.7. The lowest BCUT2D eigenvalue weighted by molar-refractivity contribution is 0.0600. The van der Waals surface area contributed by atoms with E-state index in [9.17, 15) is 4.79 Å². The second-order valence-corrected chi connectivity index (χ2v) is 14.8. The fourth-order valence-electron chi connectivity index (χ4n) is 8.41. The molecule has 6 nitrogen and oxygen atoms in total. The summed E-state index contributed by atoms with van der Waals surface area (Å²) in [5, 5.41) is 1.99. The van der Waals surface area contributed by atoms with Gasteiger partial charge in [0.05, 0.1) is 41.6 Å². The number of hydrogen-bond donors (Lipinski definition) is 3. The van der Waals surface area contributed by atoms with E-state index in [0.717, 1.165) is 95.5 Å². The first-order valence-corrected chi connectivity index (χ1v) is 19.8. The van der Waals surface area contributed by atoms with E-state index in [1.807, 2.05) is 12.1 Å². The van der Waals surface area contributed by atoms with Gasteiger partial charge in [0.15, 0.2) is 0 Å². The number of H-pyrrole nitrogens is 3. The predicted octanol–water partition coefficient (Wildman–Crippen LogP) is 9.15. The lowest BCUT2D eigenvalue weighted by Crippen LogP contribution is -2.17. The van der Waals surface area contributed by atoms with Gasteiger partial charge in [-0.05, 0) is 83.4 Å². The first-order valence-electron chi connectivity index (χ1n) is 19.8. The van der Waals surface area contributed by atoms with Crippen molar-refractivity contribution in [1.29, 1.82) is 0 Å². The zero-order valence-corrected chi connectivity index (χ0v) is 32.4. The van der Waals surface area contributed by atoms with Gasteiger partial charge < -0.3 is 24.3 Å². The highest BCUT2D eigenvalue weighted by molar-refractivity contribution is 5.89. The summed E-state index contributed by atoms with van der Waals surface area (Å²) < 4.78 is 7.41.